The number of fused-ring (bicyclic) bond motifs is 2. The molecule has 0 aromatic heterocycles. The standard InChI is InChI=1S/C35H35ClN2O6/c1-19(39)31(35(37)44)29(41)15-22-14-24-17-27-26(10-11-28(40)33(27)34(43)32(24)30(42)16-22)23-6-2-21(3-7-23)18-38-13-12-20-4-8-25(36)9-5-20/h2-11,22,24,38,40-42H,12-18H2,1H3,(H2,37,44)/b31-29-/t22-,24+/m0/s1. The Balaban J connectivity index is 1.33. The number of ketones is 2. The lowest BCUT2D eigenvalue weighted by atomic mass is 9.68. The number of nitrogens with two attached hydrogens (primary N) is 1. The minimum atomic E-state index is -1.01. The highest BCUT2D eigenvalue weighted by Gasteiger charge is 2.40. The van der Waals surface area contributed by atoms with Gasteiger partial charge < -0.3 is 26.4 Å². The lowest BCUT2D eigenvalue weighted by Crippen LogP contribution is -2.31. The van der Waals surface area contributed by atoms with Crippen LogP contribution in [0.25, 0.3) is 11.1 Å². The Kier molecular flexibility index (Phi) is 9.22. The largest absolute Gasteiger partial charge is 0.512 e. The number of aromatic hydroxyl groups is 1. The van der Waals surface area contributed by atoms with Gasteiger partial charge in [0, 0.05) is 30.0 Å². The third-order valence-electron chi connectivity index (χ3n) is 8.50. The van der Waals surface area contributed by atoms with Gasteiger partial charge in [-0.1, -0.05) is 54.1 Å². The molecule has 0 bridgehead atoms. The molecule has 0 heterocycles. The zero-order chi connectivity index (χ0) is 31.5. The van der Waals surface area contributed by atoms with Gasteiger partial charge >= 0.3 is 0 Å². The van der Waals surface area contributed by atoms with Gasteiger partial charge in [-0.2, -0.15) is 0 Å². The fourth-order valence-electron chi connectivity index (χ4n) is 6.45. The second-order valence-electron chi connectivity index (χ2n) is 11.6. The van der Waals surface area contributed by atoms with Gasteiger partial charge in [-0.3, -0.25) is 14.4 Å². The summed E-state index contributed by atoms with van der Waals surface area (Å²) < 4.78 is 0. The molecule has 3 aromatic carbocycles. The fraction of sp³-hybridized carbons (Fsp3) is 0.286. The molecule has 0 saturated heterocycles. The summed E-state index contributed by atoms with van der Waals surface area (Å²) in [6.07, 6.45) is 1.78. The van der Waals surface area contributed by atoms with Crippen molar-refractivity contribution in [3.05, 3.63) is 111 Å². The predicted octanol–water partition coefficient (Wildman–Crippen LogP) is 5.90. The zero-order valence-electron chi connectivity index (χ0n) is 24.4. The summed E-state index contributed by atoms with van der Waals surface area (Å²) in [5.41, 5.74) is 10.0. The van der Waals surface area contributed by atoms with Crippen LogP contribution in [0.1, 0.15) is 53.2 Å². The number of benzene rings is 3. The number of phenolic OH excluding ortho intramolecular Hbond substituents is 1. The number of hydrogen-bond acceptors (Lipinski definition) is 7. The first-order valence-corrected chi connectivity index (χ1v) is 15.0. The number of amides is 1. The first-order valence-electron chi connectivity index (χ1n) is 14.6. The van der Waals surface area contributed by atoms with Crippen molar-refractivity contribution in [3.63, 3.8) is 0 Å². The van der Waals surface area contributed by atoms with Crippen molar-refractivity contribution in [2.24, 2.45) is 17.6 Å². The number of primary amides is 1. The Labute approximate surface area is 260 Å². The molecule has 44 heavy (non-hydrogen) atoms. The van der Waals surface area contributed by atoms with Crippen LogP contribution in [0.4, 0.5) is 0 Å². The number of carbonyl (C=O) groups excluding carboxylic acids is 3. The Morgan fingerprint density at radius 3 is 2.32 bits per heavy atom. The smallest absolute Gasteiger partial charge is 0.255 e. The van der Waals surface area contributed by atoms with E-state index in [2.05, 4.69) is 5.32 Å². The van der Waals surface area contributed by atoms with Crippen LogP contribution in [0.5, 0.6) is 5.75 Å². The van der Waals surface area contributed by atoms with Crippen LogP contribution in [0.15, 0.2) is 83.3 Å². The predicted molar refractivity (Wildman–Crippen MR) is 168 cm³/mol. The first-order chi connectivity index (χ1) is 21.0. The van der Waals surface area contributed by atoms with Crippen LogP contribution >= 0.6 is 11.6 Å². The van der Waals surface area contributed by atoms with Crippen LogP contribution < -0.4 is 11.1 Å². The van der Waals surface area contributed by atoms with E-state index < -0.39 is 28.8 Å². The second kappa shape index (κ2) is 13.1. The molecule has 0 aliphatic heterocycles. The Bertz CT molecular complexity index is 1660. The molecule has 0 unspecified atom stereocenters. The summed E-state index contributed by atoms with van der Waals surface area (Å²) in [6.45, 7) is 2.66. The van der Waals surface area contributed by atoms with Crippen molar-refractivity contribution in [1.29, 1.82) is 0 Å². The second-order valence-corrected chi connectivity index (χ2v) is 12.0. The quantitative estimate of drug-likeness (QED) is 0.0627. The molecular formula is C35H35ClN2O6. The summed E-state index contributed by atoms with van der Waals surface area (Å²) in [4.78, 5) is 37.2. The van der Waals surface area contributed by atoms with E-state index in [0.29, 0.717) is 24.9 Å². The van der Waals surface area contributed by atoms with E-state index in [-0.39, 0.29) is 47.3 Å². The number of halogens is 1. The van der Waals surface area contributed by atoms with Gasteiger partial charge in [0.15, 0.2) is 11.6 Å². The maximum atomic E-state index is 13.6. The minimum Gasteiger partial charge on any atom is -0.512 e. The zero-order valence-corrected chi connectivity index (χ0v) is 25.2. The van der Waals surface area contributed by atoms with Gasteiger partial charge in [0.05, 0.1) is 11.3 Å². The van der Waals surface area contributed by atoms with Gasteiger partial charge in [-0.05, 0) is 90.6 Å². The molecule has 8 nitrogen and oxygen atoms in total. The molecule has 2 atom stereocenters. The molecular weight excluding hydrogens is 580 g/mol. The number of hydrogen-bond donors (Lipinski definition) is 5. The lowest BCUT2D eigenvalue weighted by molar-refractivity contribution is -0.120. The van der Waals surface area contributed by atoms with E-state index in [1.54, 1.807) is 6.07 Å². The van der Waals surface area contributed by atoms with Gasteiger partial charge in [-0.15, -0.1) is 0 Å². The molecule has 9 heteroatoms. The van der Waals surface area contributed by atoms with Gasteiger partial charge in [0.2, 0.25) is 0 Å². The number of carbonyl (C=O) groups is 3. The molecule has 0 spiro atoms. The molecule has 0 saturated carbocycles. The molecule has 2 aliphatic carbocycles. The van der Waals surface area contributed by atoms with E-state index >= 15 is 0 Å². The normalized spacial score (nSPS) is 18.4. The molecule has 0 radical (unpaired) electrons. The highest BCUT2D eigenvalue weighted by atomic mass is 35.5. The highest BCUT2D eigenvalue weighted by Crippen LogP contribution is 2.46. The number of aliphatic hydroxyl groups excluding tert-OH is 2. The number of rotatable bonds is 10. The monoisotopic (exact) mass is 614 g/mol. The van der Waals surface area contributed by atoms with E-state index in [1.807, 2.05) is 48.5 Å². The van der Waals surface area contributed by atoms with Crippen molar-refractivity contribution in [2.75, 3.05) is 6.54 Å². The van der Waals surface area contributed by atoms with Crippen LogP contribution in [-0.4, -0.2) is 39.3 Å². The van der Waals surface area contributed by atoms with Crippen molar-refractivity contribution in [2.45, 2.75) is 45.6 Å². The van der Waals surface area contributed by atoms with E-state index in [9.17, 15) is 29.7 Å². The van der Waals surface area contributed by atoms with Crippen LogP contribution in [0.3, 0.4) is 0 Å². The Hall–Kier alpha value is -4.40. The molecule has 2 aliphatic rings. The molecule has 1 amide bonds. The van der Waals surface area contributed by atoms with Crippen molar-refractivity contribution in [3.8, 4) is 16.9 Å². The Morgan fingerprint density at radius 1 is 0.977 bits per heavy atom. The first kappa shape index (κ1) is 31.0. The highest BCUT2D eigenvalue weighted by molar-refractivity contribution is 6.30. The molecule has 5 rings (SSSR count). The Morgan fingerprint density at radius 2 is 1.66 bits per heavy atom. The number of allylic oxidation sites excluding steroid dienone is 3. The van der Waals surface area contributed by atoms with Gasteiger partial charge in [0.1, 0.15) is 17.1 Å². The van der Waals surface area contributed by atoms with Crippen molar-refractivity contribution < 1.29 is 29.7 Å². The summed E-state index contributed by atoms with van der Waals surface area (Å²) in [5, 5.41) is 36.3. The number of Topliss-reactive ketones (excluding diaryl/α,β-unsaturated/α-hetero) is 2. The summed E-state index contributed by atoms with van der Waals surface area (Å²) in [7, 11) is 0. The summed E-state index contributed by atoms with van der Waals surface area (Å²) >= 11 is 5.96. The molecule has 228 valence electrons. The SMILES string of the molecule is CC(=O)/C(C(N)=O)=C(/O)C[C@H]1CC(O)=C2C(=O)c3c(O)ccc(-c4ccc(CNCCc5ccc(Cl)cc5)cc4)c3C[C@H]2C1. The third kappa shape index (κ3) is 6.56. The third-order valence-corrected chi connectivity index (χ3v) is 8.75. The summed E-state index contributed by atoms with van der Waals surface area (Å²) in [5.74, 6) is -3.37. The van der Waals surface area contributed by atoms with E-state index in [1.165, 1.54) is 11.6 Å². The maximum Gasteiger partial charge on any atom is 0.255 e. The number of aliphatic hydroxyl groups is 2. The van der Waals surface area contributed by atoms with Crippen molar-refractivity contribution >= 4 is 29.1 Å². The molecule has 0 fully saturated rings. The average Bonchev–Trinajstić information content (AvgIpc) is 2.96. The molecule has 6 N–H and O–H groups in total. The summed E-state index contributed by atoms with van der Waals surface area (Å²) in [6, 6.07) is 19.2. The van der Waals surface area contributed by atoms with E-state index in [0.717, 1.165) is 41.6 Å². The van der Waals surface area contributed by atoms with Gasteiger partial charge in [0.25, 0.3) is 5.91 Å². The average molecular weight is 615 g/mol. The topological polar surface area (TPSA) is 150 Å². The molecule has 3 aromatic rings. The van der Waals surface area contributed by atoms with E-state index in [4.69, 9.17) is 17.3 Å². The van der Waals surface area contributed by atoms with Crippen molar-refractivity contribution in [1.82, 2.24) is 5.32 Å². The lowest BCUT2D eigenvalue weighted by Gasteiger charge is -2.35. The van der Waals surface area contributed by atoms with Gasteiger partial charge in [-0.25, -0.2) is 0 Å². The maximum absolute atomic E-state index is 13.6. The fourth-order valence-corrected chi connectivity index (χ4v) is 6.57. The van der Waals surface area contributed by atoms with Crippen LogP contribution in [-0.2, 0) is 29.0 Å². The number of phenols is 1. The van der Waals surface area contributed by atoms with Crippen LogP contribution in [0, 0.1) is 11.8 Å². The van der Waals surface area contributed by atoms with Crippen LogP contribution in [0.2, 0.25) is 5.02 Å². The minimum absolute atomic E-state index is 0.0329. The number of nitrogens with one attached hydrogen (secondary N) is 1.